The minimum atomic E-state index is -0.125. The number of nitrogens with zero attached hydrogens (tertiary/aromatic N) is 3. The van der Waals surface area contributed by atoms with E-state index in [1.165, 1.54) is 0 Å². The van der Waals surface area contributed by atoms with Crippen LogP contribution in [0.4, 0.5) is 5.69 Å². The number of piperidine rings is 1. The van der Waals surface area contributed by atoms with Gasteiger partial charge in [0.25, 0.3) is 0 Å². The van der Waals surface area contributed by atoms with Crippen LogP contribution in [0.3, 0.4) is 0 Å². The van der Waals surface area contributed by atoms with Gasteiger partial charge in [-0.2, -0.15) is 0 Å². The number of amides is 1. The molecule has 0 atom stereocenters. The van der Waals surface area contributed by atoms with Crippen molar-refractivity contribution in [2.45, 2.75) is 19.8 Å². The van der Waals surface area contributed by atoms with E-state index in [1.54, 1.807) is 0 Å². The molecule has 0 saturated carbocycles. The number of carbonyl (C=O) groups is 2. The summed E-state index contributed by atoms with van der Waals surface area (Å²) >= 11 is 6.28. The summed E-state index contributed by atoms with van der Waals surface area (Å²) in [5.74, 6) is -0.0306. The van der Waals surface area contributed by atoms with Gasteiger partial charge in [0.15, 0.2) is 0 Å². The monoisotopic (exact) mass is 393 g/mol. The number of hydrogen-bond acceptors (Lipinski definition) is 5. The second-order valence-electron chi connectivity index (χ2n) is 7.12. The number of benzene rings is 1. The molecular weight excluding hydrogens is 366 g/mol. The Kier molecular flexibility index (Phi) is 6.96. The zero-order chi connectivity index (χ0) is 19.2. The zero-order valence-corrected chi connectivity index (χ0v) is 16.7. The average Bonchev–Trinajstić information content (AvgIpc) is 2.69. The van der Waals surface area contributed by atoms with Crippen molar-refractivity contribution in [1.82, 2.24) is 9.80 Å². The first-order valence-corrected chi connectivity index (χ1v) is 10.1. The number of esters is 1. The van der Waals surface area contributed by atoms with E-state index in [2.05, 4.69) is 9.80 Å². The van der Waals surface area contributed by atoms with E-state index in [4.69, 9.17) is 16.3 Å². The molecule has 0 N–H and O–H groups in total. The molecule has 148 valence electrons. The quantitative estimate of drug-likeness (QED) is 0.718. The molecule has 0 aliphatic carbocycles. The minimum absolute atomic E-state index is 0.0619. The molecule has 1 aromatic carbocycles. The van der Waals surface area contributed by atoms with Gasteiger partial charge in [-0.25, -0.2) is 0 Å². The van der Waals surface area contributed by atoms with E-state index < -0.39 is 0 Å². The number of anilines is 1. The molecule has 0 spiro atoms. The fourth-order valence-electron chi connectivity index (χ4n) is 3.77. The summed E-state index contributed by atoms with van der Waals surface area (Å²) in [5, 5.41) is 0.770. The fourth-order valence-corrected chi connectivity index (χ4v) is 4.03. The highest BCUT2D eigenvalue weighted by Gasteiger charge is 2.29. The van der Waals surface area contributed by atoms with E-state index >= 15 is 0 Å². The highest BCUT2D eigenvalue weighted by molar-refractivity contribution is 6.33. The van der Waals surface area contributed by atoms with Crippen LogP contribution in [0, 0.1) is 5.92 Å². The third kappa shape index (κ3) is 5.14. The number of piperazine rings is 1. The number of rotatable bonds is 5. The molecule has 0 unspecified atom stereocenters. The Morgan fingerprint density at radius 2 is 1.74 bits per heavy atom. The lowest BCUT2D eigenvalue weighted by molar-refractivity contribution is -0.151. The SMILES string of the molecule is CCOC(=O)C1CCN(C(=O)CN2CCN(c3ccccc3Cl)CC2)CC1. The number of ether oxygens (including phenoxy) is 1. The van der Waals surface area contributed by atoms with E-state index in [9.17, 15) is 9.59 Å². The Morgan fingerprint density at radius 1 is 1.07 bits per heavy atom. The summed E-state index contributed by atoms with van der Waals surface area (Å²) in [5.41, 5.74) is 1.06. The van der Waals surface area contributed by atoms with Crippen LogP contribution in [0.15, 0.2) is 24.3 Å². The lowest BCUT2D eigenvalue weighted by Gasteiger charge is -2.37. The zero-order valence-electron chi connectivity index (χ0n) is 15.9. The van der Waals surface area contributed by atoms with Crippen LogP contribution in [-0.4, -0.2) is 74.1 Å². The van der Waals surface area contributed by atoms with Gasteiger partial charge in [0.1, 0.15) is 0 Å². The molecule has 1 amide bonds. The van der Waals surface area contributed by atoms with Crippen LogP contribution in [0.25, 0.3) is 0 Å². The first-order chi connectivity index (χ1) is 13.1. The van der Waals surface area contributed by atoms with Crippen LogP contribution < -0.4 is 4.90 Å². The van der Waals surface area contributed by atoms with E-state index in [0.29, 0.717) is 39.1 Å². The molecule has 27 heavy (non-hydrogen) atoms. The maximum Gasteiger partial charge on any atom is 0.309 e. The van der Waals surface area contributed by atoms with Crippen molar-refractivity contribution >= 4 is 29.2 Å². The largest absolute Gasteiger partial charge is 0.466 e. The van der Waals surface area contributed by atoms with Crippen molar-refractivity contribution in [3.63, 3.8) is 0 Å². The van der Waals surface area contributed by atoms with Crippen molar-refractivity contribution in [3.8, 4) is 0 Å². The van der Waals surface area contributed by atoms with Gasteiger partial charge in [-0.15, -0.1) is 0 Å². The predicted molar refractivity (Wildman–Crippen MR) is 106 cm³/mol. The Hall–Kier alpha value is -1.79. The normalized spacial score (nSPS) is 19.2. The molecule has 7 heteroatoms. The molecule has 0 radical (unpaired) electrons. The molecule has 0 aromatic heterocycles. The Balaban J connectivity index is 1.42. The molecule has 0 bridgehead atoms. The predicted octanol–water partition coefficient (Wildman–Crippen LogP) is 2.26. The van der Waals surface area contributed by atoms with Gasteiger partial charge in [-0.05, 0) is 31.9 Å². The molecule has 6 nitrogen and oxygen atoms in total. The van der Waals surface area contributed by atoms with Crippen LogP contribution in [0.2, 0.25) is 5.02 Å². The lowest BCUT2D eigenvalue weighted by atomic mass is 9.97. The van der Waals surface area contributed by atoms with E-state index in [-0.39, 0.29) is 17.8 Å². The third-order valence-corrected chi connectivity index (χ3v) is 5.71. The molecule has 2 aliphatic rings. The van der Waals surface area contributed by atoms with Gasteiger partial charge in [0.2, 0.25) is 5.91 Å². The molecule has 1 aromatic rings. The Bertz CT molecular complexity index is 654. The van der Waals surface area contributed by atoms with Gasteiger partial charge in [-0.3, -0.25) is 14.5 Å². The summed E-state index contributed by atoms with van der Waals surface area (Å²) in [7, 11) is 0. The van der Waals surface area contributed by atoms with Crippen LogP contribution in [0.1, 0.15) is 19.8 Å². The van der Waals surface area contributed by atoms with Crippen LogP contribution in [0.5, 0.6) is 0 Å². The summed E-state index contributed by atoms with van der Waals surface area (Å²) in [6.45, 7) is 7.38. The fraction of sp³-hybridized carbons (Fsp3) is 0.600. The number of likely N-dealkylation sites (tertiary alicyclic amines) is 1. The first kappa shape index (κ1) is 20.0. The number of hydrogen-bond donors (Lipinski definition) is 0. The average molecular weight is 394 g/mol. The summed E-state index contributed by atoms with van der Waals surface area (Å²) < 4.78 is 5.09. The standard InChI is InChI=1S/C20H28ClN3O3/c1-2-27-20(26)16-7-9-24(10-8-16)19(25)15-22-11-13-23(14-12-22)18-6-4-3-5-17(18)21/h3-6,16H,2,7-15H2,1H3. The second kappa shape index (κ2) is 9.42. The van der Waals surface area contributed by atoms with Crippen LogP contribution >= 0.6 is 11.6 Å². The highest BCUT2D eigenvalue weighted by atomic mass is 35.5. The van der Waals surface area contributed by atoms with Crippen molar-refractivity contribution < 1.29 is 14.3 Å². The molecule has 2 saturated heterocycles. The molecule has 2 heterocycles. The third-order valence-electron chi connectivity index (χ3n) is 5.39. The van der Waals surface area contributed by atoms with E-state index in [1.807, 2.05) is 36.1 Å². The maximum absolute atomic E-state index is 12.6. The van der Waals surface area contributed by atoms with Gasteiger partial charge < -0.3 is 14.5 Å². The van der Waals surface area contributed by atoms with Crippen molar-refractivity contribution in [2.75, 3.05) is 57.3 Å². The Labute approximate surface area is 166 Å². The number of halogens is 1. The van der Waals surface area contributed by atoms with Crippen molar-refractivity contribution in [3.05, 3.63) is 29.3 Å². The smallest absolute Gasteiger partial charge is 0.309 e. The lowest BCUT2D eigenvalue weighted by Crippen LogP contribution is -2.51. The van der Waals surface area contributed by atoms with E-state index in [0.717, 1.165) is 36.9 Å². The highest BCUT2D eigenvalue weighted by Crippen LogP contribution is 2.26. The van der Waals surface area contributed by atoms with Gasteiger partial charge in [0, 0.05) is 39.3 Å². The van der Waals surface area contributed by atoms with Crippen molar-refractivity contribution in [2.24, 2.45) is 5.92 Å². The van der Waals surface area contributed by atoms with Gasteiger partial charge >= 0.3 is 5.97 Å². The second-order valence-corrected chi connectivity index (χ2v) is 7.53. The first-order valence-electron chi connectivity index (χ1n) is 9.74. The van der Waals surface area contributed by atoms with Crippen molar-refractivity contribution in [1.29, 1.82) is 0 Å². The van der Waals surface area contributed by atoms with Gasteiger partial charge in [0.05, 0.1) is 29.8 Å². The number of para-hydroxylation sites is 1. The molecule has 2 aliphatic heterocycles. The molecule has 2 fully saturated rings. The summed E-state index contributed by atoms with van der Waals surface area (Å²) in [4.78, 5) is 30.8. The molecular formula is C20H28ClN3O3. The Morgan fingerprint density at radius 3 is 2.37 bits per heavy atom. The summed E-state index contributed by atoms with van der Waals surface area (Å²) in [6.07, 6.45) is 1.40. The van der Waals surface area contributed by atoms with Crippen LogP contribution in [-0.2, 0) is 14.3 Å². The summed E-state index contributed by atoms with van der Waals surface area (Å²) in [6, 6.07) is 7.88. The topological polar surface area (TPSA) is 53.1 Å². The number of carbonyl (C=O) groups excluding carboxylic acids is 2. The maximum atomic E-state index is 12.6. The molecule has 3 rings (SSSR count). The van der Waals surface area contributed by atoms with Gasteiger partial charge in [-0.1, -0.05) is 23.7 Å². The minimum Gasteiger partial charge on any atom is -0.466 e.